The molecule has 0 spiro atoms. The van der Waals surface area contributed by atoms with Gasteiger partial charge in [-0.25, -0.2) is 4.39 Å². The number of aromatic nitrogens is 3. The van der Waals surface area contributed by atoms with E-state index in [9.17, 15) is 9.18 Å². The van der Waals surface area contributed by atoms with E-state index in [-0.39, 0.29) is 23.5 Å². The molecule has 166 valence electrons. The van der Waals surface area contributed by atoms with Crippen LogP contribution in [0.2, 0.25) is 0 Å². The minimum atomic E-state index is -0.230. The maximum Gasteiger partial charge on any atom is 0.250 e. The van der Waals surface area contributed by atoms with Gasteiger partial charge >= 0.3 is 0 Å². The summed E-state index contributed by atoms with van der Waals surface area (Å²) in [7, 11) is 1.78. The fraction of sp³-hybridized carbons (Fsp3) is 0.478. The Morgan fingerprint density at radius 1 is 1.16 bits per heavy atom. The minimum Gasteiger partial charge on any atom is -0.308 e. The first-order valence-corrected chi connectivity index (χ1v) is 11.7. The fourth-order valence-electron chi connectivity index (χ4n) is 4.66. The number of hydrogen-bond donors (Lipinski definition) is 0. The van der Waals surface area contributed by atoms with Gasteiger partial charge in [0.25, 0.3) is 5.56 Å². The molecule has 1 aliphatic rings. The third kappa shape index (κ3) is 4.03. The summed E-state index contributed by atoms with van der Waals surface area (Å²) in [6, 6.07) is 9.06. The predicted octanol–water partition coefficient (Wildman–Crippen LogP) is 4.21. The van der Waals surface area contributed by atoms with E-state index in [2.05, 4.69) is 46.6 Å². The Morgan fingerprint density at radius 3 is 2.58 bits per heavy atom. The second-order valence-electron chi connectivity index (χ2n) is 8.34. The van der Waals surface area contributed by atoms with Gasteiger partial charge in [-0.3, -0.25) is 14.7 Å². The zero-order valence-electron chi connectivity index (χ0n) is 18.4. The summed E-state index contributed by atoms with van der Waals surface area (Å²) in [5, 5.41) is 7.09. The molecular formula is C23H29BrFN5O. The fourth-order valence-corrected chi connectivity index (χ4v) is 5.34. The van der Waals surface area contributed by atoms with Crippen molar-refractivity contribution in [1.29, 1.82) is 0 Å². The number of hydrogen-bond acceptors (Lipinski definition) is 4. The Labute approximate surface area is 190 Å². The van der Waals surface area contributed by atoms with Crippen molar-refractivity contribution in [2.24, 2.45) is 7.05 Å². The van der Waals surface area contributed by atoms with E-state index < -0.39 is 0 Å². The molecule has 3 atom stereocenters. The van der Waals surface area contributed by atoms with Crippen LogP contribution in [-0.4, -0.2) is 44.5 Å². The van der Waals surface area contributed by atoms with Crippen molar-refractivity contribution in [3.05, 3.63) is 62.7 Å². The Hall–Kier alpha value is -2.19. The zero-order chi connectivity index (χ0) is 22.3. The van der Waals surface area contributed by atoms with Crippen molar-refractivity contribution in [2.45, 2.75) is 51.7 Å². The molecule has 0 radical (unpaired) electrons. The van der Waals surface area contributed by atoms with Gasteiger partial charge in [0.05, 0.1) is 24.3 Å². The zero-order valence-corrected chi connectivity index (χ0v) is 20.0. The van der Waals surface area contributed by atoms with E-state index in [4.69, 9.17) is 5.10 Å². The minimum absolute atomic E-state index is 0.0333. The summed E-state index contributed by atoms with van der Waals surface area (Å²) in [4.78, 5) is 16.5. The standard InChI is InChI=1S/C23H29BrFN5O/c1-5-17-13-29(30-14-22-21(26-30)9-10-23(31)27(22)4)18(6-2)12-28(17)15(3)19-8-7-16(25)11-20(19)24/h7-11,14-15,17-18H,5-6,12-13H2,1-4H3/t15?,17-,18+/m1/s1. The summed E-state index contributed by atoms with van der Waals surface area (Å²) in [5.74, 6) is -0.230. The van der Waals surface area contributed by atoms with Gasteiger partial charge in [0.1, 0.15) is 11.3 Å². The highest BCUT2D eigenvalue weighted by Gasteiger charge is 2.36. The van der Waals surface area contributed by atoms with E-state index >= 15 is 0 Å². The van der Waals surface area contributed by atoms with Crippen molar-refractivity contribution < 1.29 is 4.39 Å². The molecule has 0 N–H and O–H groups in total. The van der Waals surface area contributed by atoms with Crippen LogP contribution in [0.4, 0.5) is 4.39 Å². The van der Waals surface area contributed by atoms with Gasteiger partial charge in [0.15, 0.2) is 0 Å². The molecule has 1 aliphatic heterocycles. The maximum absolute atomic E-state index is 13.6. The monoisotopic (exact) mass is 489 g/mol. The average Bonchev–Trinajstić information content (AvgIpc) is 3.20. The number of pyridine rings is 1. The van der Waals surface area contributed by atoms with E-state index in [0.717, 1.165) is 47.0 Å². The topological polar surface area (TPSA) is 46.3 Å². The summed E-state index contributed by atoms with van der Waals surface area (Å²) in [6.45, 7) is 8.31. The van der Waals surface area contributed by atoms with Gasteiger partial charge in [0, 0.05) is 36.2 Å². The Morgan fingerprint density at radius 2 is 1.90 bits per heavy atom. The molecule has 0 saturated carbocycles. The third-order valence-electron chi connectivity index (χ3n) is 6.61. The normalized spacial score (nSPS) is 21.0. The van der Waals surface area contributed by atoms with Gasteiger partial charge in [-0.2, -0.15) is 9.89 Å². The molecule has 1 unspecified atom stereocenters. The van der Waals surface area contributed by atoms with Crippen LogP contribution in [-0.2, 0) is 7.05 Å². The van der Waals surface area contributed by atoms with Crippen LogP contribution < -0.4 is 10.6 Å². The Bertz CT molecular complexity index is 1140. The van der Waals surface area contributed by atoms with Gasteiger partial charge < -0.3 is 4.57 Å². The smallest absolute Gasteiger partial charge is 0.250 e. The first-order chi connectivity index (χ1) is 14.8. The van der Waals surface area contributed by atoms with E-state index in [1.54, 1.807) is 29.8 Å². The van der Waals surface area contributed by atoms with Crippen LogP contribution in [0.3, 0.4) is 0 Å². The van der Waals surface area contributed by atoms with Crippen molar-refractivity contribution in [3.63, 3.8) is 0 Å². The van der Waals surface area contributed by atoms with Gasteiger partial charge in [-0.05, 0) is 43.5 Å². The summed E-state index contributed by atoms with van der Waals surface area (Å²) in [5.41, 5.74) is 2.72. The van der Waals surface area contributed by atoms with Crippen LogP contribution >= 0.6 is 15.9 Å². The van der Waals surface area contributed by atoms with Crippen LogP contribution in [0.15, 0.2) is 45.8 Å². The third-order valence-corrected chi connectivity index (χ3v) is 7.30. The molecule has 4 rings (SSSR count). The average molecular weight is 490 g/mol. The molecule has 3 heterocycles. The highest BCUT2D eigenvalue weighted by Crippen LogP contribution is 2.33. The lowest BCUT2D eigenvalue weighted by atomic mass is 9.98. The van der Waals surface area contributed by atoms with Gasteiger partial charge in [0.2, 0.25) is 0 Å². The molecule has 31 heavy (non-hydrogen) atoms. The molecule has 1 fully saturated rings. The molecule has 1 aromatic carbocycles. The number of benzene rings is 1. The number of fused-ring (bicyclic) bond motifs is 1. The van der Waals surface area contributed by atoms with Gasteiger partial charge in [-0.15, -0.1) is 0 Å². The van der Waals surface area contributed by atoms with E-state index in [1.807, 2.05) is 17.1 Å². The van der Waals surface area contributed by atoms with Crippen molar-refractivity contribution in [1.82, 2.24) is 19.4 Å². The number of rotatable bonds is 5. The van der Waals surface area contributed by atoms with Crippen LogP contribution in [0.25, 0.3) is 11.0 Å². The first-order valence-electron chi connectivity index (χ1n) is 10.9. The lowest BCUT2D eigenvalue weighted by Gasteiger charge is -2.49. The van der Waals surface area contributed by atoms with Crippen molar-refractivity contribution >= 4 is 27.0 Å². The summed E-state index contributed by atoms with van der Waals surface area (Å²) in [6.07, 6.45) is 3.93. The largest absolute Gasteiger partial charge is 0.308 e. The molecule has 6 nitrogen and oxygen atoms in total. The highest BCUT2D eigenvalue weighted by molar-refractivity contribution is 9.10. The summed E-state index contributed by atoms with van der Waals surface area (Å²) >= 11 is 3.55. The van der Waals surface area contributed by atoms with Crippen LogP contribution in [0, 0.1) is 5.82 Å². The Balaban J connectivity index is 1.65. The molecule has 8 heteroatoms. The highest BCUT2D eigenvalue weighted by atomic mass is 79.9. The van der Waals surface area contributed by atoms with Crippen molar-refractivity contribution in [2.75, 3.05) is 18.1 Å². The maximum atomic E-state index is 13.6. The SMILES string of the molecule is CC[C@@H]1CN(n2cc3c(ccc(=O)n3C)n2)[C@@H](CC)CN1C(C)c1ccc(F)cc1Br. The molecule has 0 bridgehead atoms. The molecule has 1 saturated heterocycles. The molecule has 0 amide bonds. The van der Waals surface area contributed by atoms with Crippen LogP contribution in [0.5, 0.6) is 0 Å². The van der Waals surface area contributed by atoms with Crippen LogP contribution in [0.1, 0.15) is 45.2 Å². The lowest BCUT2D eigenvalue weighted by Crippen LogP contribution is -2.62. The number of piperazine rings is 1. The lowest BCUT2D eigenvalue weighted by molar-refractivity contribution is 0.0852. The number of nitrogens with zero attached hydrogens (tertiary/aromatic N) is 5. The Kier molecular flexibility index (Phi) is 6.21. The van der Waals surface area contributed by atoms with E-state index in [1.165, 1.54) is 6.07 Å². The second kappa shape index (κ2) is 8.74. The molecule has 3 aromatic rings. The molecular weight excluding hydrogens is 461 g/mol. The second-order valence-corrected chi connectivity index (χ2v) is 9.19. The predicted molar refractivity (Wildman–Crippen MR) is 125 cm³/mol. The number of halogens is 2. The number of aryl methyl sites for hydroxylation is 1. The molecule has 2 aromatic heterocycles. The summed E-state index contributed by atoms with van der Waals surface area (Å²) < 4.78 is 16.1. The van der Waals surface area contributed by atoms with Crippen molar-refractivity contribution in [3.8, 4) is 0 Å². The quantitative estimate of drug-likeness (QED) is 0.538. The van der Waals surface area contributed by atoms with Gasteiger partial charge in [-0.1, -0.05) is 35.8 Å². The first kappa shape index (κ1) is 22.0. The van der Waals surface area contributed by atoms with E-state index in [0.29, 0.717) is 6.04 Å². The molecule has 0 aliphatic carbocycles.